The van der Waals surface area contributed by atoms with Gasteiger partial charge in [-0.1, -0.05) is 12.1 Å². The fourth-order valence-corrected chi connectivity index (χ4v) is 3.05. The molecule has 1 aromatic heterocycles. The number of anilines is 1. The van der Waals surface area contributed by atoms with Crippen molar-refractivity contribution in [2.24, 2.45) is 0 Å². The first kappa shape index (κ1) is 16.6. The number of para-hydroxylation sites is 1. The second kappa shape index (κ2) is 8.02. The lowest BCUT2D eigenvalue weighted by atomic mass is 10.1. The van der Waals surface area contributed by atoms with Gasteiger partial charge in [0.15, 0.2) is 0 Å². The summed E-state index contributed by atoms with van der Waals surface area (Å²) in [5, 5.41) is 3.30. The Morgan fingerprint density at radius 3 is 2.75 bits per heavy atom. The van der Waals surface area contributed by atoms with Gasteiger partial charge in [0.2, 0.25) is 0 Å². The Hall–Kier alpha value is -2.27. The molecule has 3 rings (SSSR count). The normalized spacial score (nSPS) is 15.5. The zero-order chi connectivity index (χ0) is 16.8. The van der Waals surface area contributed by atoms with E-state index in [1.807, 2.05) is 48.2 Å². The van der Waals surface area contributed by atoms with Gasteiger partial charge in [-0.05, 0) is 44.0 Å². The molecular weight excluding hydrogens is 304 g/mol. The standard InChI is InChI=1S/C19H24N2O3/c1-2-23-15-9-11-21(12-10-15)19(22)17-7-3-4-8-18(17)20-14-16-6-5-13-24-16/h3-8,13,15,20H,2,9-12,14H2,1H3. The molecule has 5 heteroatoms. The van der Waals surface area contributed by atoms with Gasteiger partial charge in [-0.25, -0.2) is 0 Å². The first-order valence-corrected chi connectivity index (χ1v) is 8.54. The van der Waals surface area contributed by atoms with Crippen LogP contribution in [-0.2, 0) is 11.3 Å². The van der Waals surface area contributed by atoms with E-state index >= 15 is 0 Å². The minimum atomic E-state index is 0.0764. The van der Waals surface area contributed by atoms with Crippen molar-refractivity contribution in [1.82, 2.24) is 4.90 Å². The fraction of sp³-hybridized carbons (Fsp3) is 0.421. The van der Waals surface area contributed by atoms with Crippen molar-refractivity contribution in [3.05, 3.63) is 54.0 Å². The molecule has 1 aliphatic rings. The number of carbonyl (C=O) groups is 1. The molecule has 0 spiro atoms. The van der Waals surface area contributed by atoms with Crippen LogP contribution in [0.5, 0.6) is 0 Å². The molecule has 24 heavy (non-hydrogen) atoms. The third kappa shape index (κ3) is 3.97. The van der Waals surface area contributed by atoms with Crippen molar-refractivity contribution in [2.75, 3.05) is 25.0 Å². The monoisotopic (exact) mass is 328 g/mol. The lowest BCUT2D eigenvalue weighted by Crippen LogP contribution is -2.41. The Kier molecular flexibility index (Phi) is 5.54. The molecule has 1 aromatic carbocycles. The molecule has 0 saturated carbocycles. The predicted molar refractivity (Wildman–Crippen MR) is 93.0 cm³/mol. The van der Waals surface area contributed by atoms with Crippen LogP contribution >= 0.6 is 0 Å². The molecular formula is C19H24N2O3. The summed E-state index contributed by atoms with van der Waals surface area (Å²) in [7, 11) is 0. The summed E-state index contributed by atoms with van der Waals surface area (Å²) in [5.41, 5.74) is 1.55. The maximum Gasteiger partial charge on any atom is 0.255 e. The highest BCUT2D eigenvalue weighted by molar-refractivity contribution is 5.99. The van der Waals surface area contributed by atoms with Gasteiger partial charge >= 0.3 is 0 Å². The Morgan fingerprint density at radius 2 is 2.04 bits per heavy atom. The molecule has 0 bridgehead atoms. The molecule has 0 aliphatic carbocycles. The maximum atomic E-state index is 12.9. The molecule has 2 heterocycles. The van der Waals surface area contributed by atoms with Crippen molar-refractivity contribution in [3.63, 3.8) is 0 Å². The Balaban J connectivity index is 1.64. The van der Waals surface area contributed by atoms with E-state index in [4.69, 9.17) is 9.15 Å². The molecule has 1 saturated heterocycles. The van der Waals surface area contributed by atoms with Crippen molar-refractivity contribution in [3.8, 4) is 0 Å². The van der Waals surface area contributed by atoms with E-state index < -0.39 is 0 Å². The van der Waals surface area contributed by atoms with E-state index in [2.05, 4.69) is 5.32 Å². The largest absolute Gasteiger partial charge is 0.467 e. The second-order valence-electron chi connectivity index (χ2n) is 5.93. The number of piperidine rings is 1. The Labute approximate surface area is 142 Å². The van der Waals surface area contributed by atoms with E-state index in [1.165, 1.54) is 0 Å². The minimum absolute atomic E-state index is 0.0764. The first-order chi connectivity index (χ1) is 11.8. The summed E-state index contributed by atoms with van der Waals surface area (Å²) in [4.78, 5) is 14.8. The van der Waals surface area contributed by atoms with Crippen molar-refractivity contribution in [2.45, 2.75) is 32.4 Å². The topological polar surface area (TPSA) is 54.7 Å². The number of benzene rings is 1. The van der Waals surface area contributed by atoms with Crippen LogP contribution in [-0.4, -0.2) is 36.6 Å². The lowest BCUT2D eigenvalue weighted by Gasteiger charge is -2.32. The van der Waals surface area contributed by atoms with Crippen LogP contribution < -0.4 is 5.32 Å². The number of ether oxygens (including phenoxy) is 1. The summed E-state index contributed by atoms with van der Waals surface area (Å²) < 4.78 is 11.0. The van der Waals surface area contributed by atoms with Crippen molar-refractivity contribution in [1.29, 1.82) is 0 Å². The second-order valence-corrected chi connectivity index (χ2v) is 5.93. The zero-order valence-electron chi connectivity index (χ0n) is 14.0. The third-order valence-corrected chi connectivity index (χ3v) is 4.32. The predicted octanol–water partition coefficient (Wildman–Crippen LogP) is 3.53. The van der Waals surface area contributed by atoms with Gasteiger partial charge in [-0.3, -0.25) is 4.79 Å². The summed E-state index contributed by atoms with van der Waals surface area (Å²) in [6, 6.07) is 11.4. The highest BCUT2D eigenvalue weighted by Crippen LogP contribution is 2.21. The highest BCUT2D eigenvalue weighted by Gasteiger charge is 2.25. The summed E-state index contributed by atoms with van der Waals surface area (Å²) in [5.74, 6) is 0.919. The quantitative estimate of drug-likeness (QED) is 0.881. The number of nitrogens with one attached hydrogen (secondary N) is 1. The van der Waals surface area contributed by atoms with Crippen LogP contribution in [0.15, 0.2) is 47.1 Å². The highest BCUT2D eigenvalue weighted by atomic mass is 16.5. The smallest absolute Gasteiger partial charge is 0.255 e. The van der Waals surface area contributed by atoms with Crippen LogP contribution in [0, 0.1) is 0 Å². The van der Waals surface area contributed by atoms with Gasteiger partial charge in [0.1, 0.15) is 5.76 Å². The van der Waals surface area contributed by atoms with E-state index in [1.54, 1.807) is 6.26 Å². The van der Waals surface area contributed by atoms with E-state index in [0.717, 1.165) is 44.0 Å². The molecule has 1 amide bonds. The molecule has 1 aliphatic heterocycles. The van der Waals surface area contributed by atoms with E-state index in [9.17, 15) is 4.79 Å². The summed E-state index contributed by atoms with van der Waals surface area (Å²) in [6.45, 7) is 4.80. The molecule has 0 atom stereocenters. The number of carbonyl (C=O) groups excluding carboxylic acids is 1. The Morgan fingerprint density at radius 1 is 1.25 bits per heavy atom. The van der Waals surface area contributed by atoms with Crippen LogP contribution in [0.25, 0.3) is 0 Å². The first-order valence-electron chi connectivity index (χ1n) is 8.54. The molecule has 128 valence electrons. The van der Waals surface area contributed by atoms with Gasteiger partial charge < -0.3 is 19.4 Å². The maximum absolute atomic E-state index is 12.9. The average molecular weight is 328 g/mol. The minimum Gasteiger partial charge on any atom is -0.467 e. The van der Waals surface area contributed by atoms with Gasteiger partial charge in [-0.2, -0.15) is 0 Å². The number of likely N-dealkylation sites (tertiary alicyclic amines) is 1. The number of amides is 1. The van der Waals surface area contributed by atoms with Crippen molar-refractivity contribution < 1.29 is 13.9 Å². The van der Waals surface area contributed by atoms with Gasteiger partial charge in [0.05, 0.1) is 24.5 Å². The van der Waals surface area contributed by atoms with Crippen LogP contribution in [0.3, 0.4) is 0 Å². The number of nitrogens with zero attached hydrogens (tertiary/aromatic N) is 1. The average Bonchev–Trinajstić information content (AvgIpc) is 3.14. The third-order valence-electron chi connectivity index (χ3n) is 4.32. The molecule has 1 N–H and O–H groups in total. The van der Waals surface area contributed by atoms with Crippen molar-refractivity contribution >= 4 is 11.6 Å². The number of furan rings is 1. The fourth-order valence-electron chi connectivity index (χ4n) is 3.05. The summed E-state index contributed by atoms with van der Waals surface area (Å²) >= 11 is 0. The van der Waals surface area contributed by atoms with Crippen LogP contribution in [0.4, 0.5) is 5.69 Å². The Bertz CT molecular complexity index is 646. The molecule has 0 radical (unpaired) electrons. The number of hydrogen-bond donors (Lipinski definition) is 1. The summed E-state index contributed by atoms with van der Waals surface area (Å²) in [6.07, 6.45) is 3.74. The van der Waals surface area contributed by atoms with Gasteiger partial charge in [-0.15, -0.1) is 0 Å². The lowest BCUT2D eigenvalue weighted by molar-refractivity contribution is 0.0146. The zero-order valence-corrected chi connectivity index (χ0v) is 14.0. The SMILES string of the molecule is CCOC1CCN(C(=O)c2ccccc2NCc2ccco2)CC1. The van der Waals surface area contributed by atoms with E-state index in [0.29, 0.717) is 12.1 Å². The number of rotatable bonds is 6. The van der Waals surface area contributed by atoms with Crippen LogP contribution in [0.2, 0.25) is 0 Å². The molecule has 5 nitrogen and oxygen atoms in total. The van der Waals surface area contributed by atoms with Gasteiger partial charge in [0.25, 0.3) is 5.91 Å². The molecule has 0 unspecified atom stereocenters. The number of hydrogen-bond acceptors (Lipinski definition) is 4. The molecule has 2 aromatic rings. The van der Waals surface area contributed by atoms with Gasteiger partial charge in [0, 0.05) is 25.4 Å². The molecule has 1 fully saturated rings. The van der Waals surface area contributed by atoms with Crippen LogP contribution in [0.1, 0.15) is 35.9 Å². The van der Waals surface area contributed by atoms with E-state index in [-0.39, 0.29) is 12.0 Å².